The lowest BCUT2D eigenvalue weighted by Crippen LogP contribution is -2.37. The van der Waals surface area contributed by atoms with Gasteiger partial charge in [-0.15, -0.1) is 10.9 Å². The minimum absolute atomic E-state index is 0.0952. The summed E-state index contributed by atoms with van der Waals surface area (Å²) in [6.07, 6.45) is 0. The topological polar surface area (TPSA) is 32.7 Å². The van der Waals surface area contributed by atoms with Crippen LogP contribution in [0.2, 0.25) is 5.02 Å². The molecule has 130 valence electrons. The predicted molar refractivity (Wildman–Crippen MR) is 113 cm³/mol. The van der Waals surface area contributed by atoms with Crippen molar-refractivity contribution in [2.24, 2.45) is 5.10 Å². The molecule has 0 spiro atoms. The van der Waals surface area contributed by atoms with Crippen LogP contribution in [0.1, 0.15) is 22.3 Å². The van der Waals surface area contributed by atoms with Gasteiger partial charge in [0.25, 0.3) is 5.91 Å². The van der Waals surface area contributed by atoms with Crippen molar-refractivity contribution in [1.82, 2.24) is 5.01 Å². The molecule has 0 saturated carbocycles. The fraction of sp³-hybridized carbons (Fsp3) is 0. The first-order chi connectivity index (χ1) is 13.2. The molecule has 0 N–H and O–H groups in total. The number of carbonyl (C=O) groups excluding carboxylic acids is 1. The molecule has 27 heavy (non-hydrogen) atoms. The van der Waals surface area contributed by atoms with Crippen molar-refractivity contribution in [1.29, 1.82) is 0 Å². The summed E-state index contributed by atoms with van der Waals surface area (Å²) in [5, 5.41) is 6.92. The van der Waals surface area contributed by atoms with E-state index in [0.29, 0.717) is 9.89 Å². The maximum atomic E-state index is 13.1. The molecule has 0 saturated heterocycles. The van der Waals surface area contributed by atoms with Gasteiger partial charge in [0.2, 0.25) is 0 Å². The minimum atomic E-state index is -0.0952. The Hall–Kier alpha value is -2.95. The molecule has 5 heteroatoms. The summed E-state index contributed by atoms with van der Waals surface area (Å²) in [4.78, 5) is 14.6. The van der Waals surface area contributed by atoms with Crippen molar-refractivity contribution >= 4 is 44.0 Å². The first-order valence-electron chi connectivity index (χ1n) is 8.48. The number of benzene rings is 3. The van der Waals surface area contributed by atoms with E-state index in [4.69, 9.17) is 16.7 Å². The van der Waals surface area contributed by atoms with E-state index in [2.05, 4.69) is 0 Å². The molecule has 0 aliphatic carbocycles. The molecule has 0 bridgehead atoms. The molecule has 0 radical (unpaired) electrons. The van der Waals surface area contributed by atoms with E-state index in [1.165, 1.54) is 15.9 Å². The number of amides is 1. The maximum absolute atomic E-state index is 13.1. The second-order valence-electron chi connectivity index (χ2n) is 6.22. The van der Waals surface area contributed by atoms with Crippen LogP contribution < -0.4 is 0 Å². The van der Waals surface area contributed by atoms with Gasteiger partial charge in [0.15, 0.2) is 0 Å². The normalized spacial score (nSPS) is 15.2. The third kappa shape index (κ3) is 2.65. The van der Waals surface area contributed by atoms with Gasteiger partial charge in [0.1, 0.15) is 9.85 Å². The van der Waals surface area contributed by atoms with Crippen molar-refractivity contribution in [2.75, 3.05) is 0 Å². The van der Waals surface area contributed by atoms with Crippen LogP contribution in [0.4, 0.5) is 0 Å². The second kappa shape index (κ2) is 6.34. The Balaban J connectivity index is 1.71. The molecule has 0 aromatic heterocycles. The van der Waals surface area contributed by atoms with Gasteiger partial charge < -0.3 is 0 Å². The molecule has 0 unspecified atom stereocenters. The molecule has 1 amide bonds. The third-order valence-electron chi connectivity index (χ3n) is 4.54. The fourth-order valence-corrected chi connectivity index (χ4v) is 4.50. The highest BCUT2D eigenvalue weighted by atomic mass is 35.5. The average Bonchev–Trinajstić information content (AvgIpc) is 3.06. The standard InChI is InChI=1S/C22H13ClN2OS/c23-16-12-10-14(11-13-16)19-17-8-4-5-9-18(17)22-25(24-19)21(26)20(27-22)15-6-2-1-3-7-15/h1-13H. The second-order valence-corrected chi connectivity index (χ2v) is 7.66. The van der Waals surface area contributed by atoms with Crippen molar-refractivity contribution < 1.29 is 4.79 Å². The summed E-state index contributed by atoms with van der Waals surface area (Å²) in [7, 11) is 1.48. The molecule has 0 fully saturated rings. The van der Waals surface area contributed by atoms with Gasteiger partial charge in [0.05, 0.1) is 5.71 Å². The van der Waals surface area contributed by atoms with Gasteiger partial charge >= 0.3 is 0 Å². The highest BCUT2D eigenvalue weighted by Gasteiger charge is 2.35. The SMILES string of the molecule is O=C1C(c2ccccc2)=S=C2c3ccccc3C(c3ccc(Cl)cc3)=NN12. The number of halogens is 1. The molecule has 3 nitrogen and oxygen atoms in total. The fourth-order valence-electron chi connectivity index (χ4n) is 3.25. The van der Waals surface area contributed by atoms with E-state index < -0.39 is 0 Å². The molecular formula is C22H13ClN2OS. The monoisotopic (exact) mass is 388 g/mol. The Kier molecular flexibility index (Phi) is 3.81. The summed E-state index contributed by atoms with van der Waals surface area (Å²) in [6.45, 7) is 0. The molecule has 5 rings (SSSR count). The van der Waals surface area contributed by atoms with E-state index in [1.54, 1.807) is 0 Å². The Bertz CT molecular complexity index is 1180. The lowest BCUT2D eigenvalue weighted by Gasteiger charge is -2.24. The third-order valence-corrected chi connectivity index (χ3v) is 6.00. The van der Waals surface area contributed by atoms with Crippen molar-refractivity contribution in [3.05, 3.63) is 106 Å². The van der Waals surface area contributed by atoms with Crippen LogP contribution in [0.3, 0.4) is 0 Å². The van der Waals surface area contributed by atoms with Crippen molar-refractivity contribution in [2.45, 2.75) is 0 Å². The Morgan fingerprint density at radius 1 is 0.778 bits per heavy atom. The van der Waals surface area contributed by atoms with Gasteiger partial charge in [-0.25, -0.2) is 0 Å². The summed E-state index contributed by atoms with van der Waals surface area (Å²) in [6, 6.07) is 25.3. The largest absolute Gasteiger partial charge is 0.290 e. The van der Waals surface area contributed by atoms with Gasteiger partial charge in [-0.3, -0.25) is 4.79 Å². The van der Waals surface area contributed by atoms with Crippen LogP contribution in [0.25, 0.3) is 0 Å². The quantitative estimate of drug-likeness (QED) is 0.599. The van der Waals surface area contributed by atoms with E-state index in [9.17, 15) is 4.79 Å². The summed E-state index contributed by atoms with van der Waals surface area (Å²) in [5.74, 6) is -0.0952. The lowest BCUT2D eigenvalue weighted by molar-refractivity contribution is -0.120. The summed E-state index contributed by atoms with van der Waals surface area (Å²) < 4.78 is 0. The Morgan fingerprint density at radius 2 is 1.44 bits per heavy atom. The first-order valence-corrected chi connectivity index (χ1v) is 9.68. The zero-order valence-electron chi connectivity index (χ0n) is 14.1. The van der Waals surface area contributed by atoms with Crippen LogP contribution in [-0.4, -0.2) is 26.5 Å². The Labute approximate surface area is 165 Å². The van der Waals surface area contributed by atoms with E-state index in [-0.39, 0.29) is 5.91 Å². The zero-order valence-corrected chi connectivity index (χ0v) is 15.7. The highest BCUT2D eigenvalue weighted by molar-refractivity contribution is 8.00. The number of hydrogen-bond acceptors (Lipinski definition) is 2. The van der Waals surface area contributed by atoms with Crippen molar-refractivity contribution in [3.8, 4) is 0 Å². The highest BCUT2D eigenvalue weighted by Crippen LogP contribution is 2.28. The number of hydrazone groups is 1. The number of hydrogen-bond donors (Lipinski definition) is 0. The van der Waals surface area contributed by atoms with Gasteiger partial charge in [0, 0.05) is 21.7 Å². The minimum Gasteiger partial charge on any atom is -0.266 e. The number of rotatable bonds is 2. The summed E-state index contributed by atoms with van der Waals surface area (Å²) in [5.41, 5.74) is 4.64. The number of fused-ring (bicyclic) bond motifs is 3. The van der Waals surface area contributed by atoms with Crippen LogP contribution in [0.5, 0.6) is 0 Å². The Morgan fingerprint density at radius 3 is 2.19 bits per heavy atom. The van der Waals surface area contributed by atoms with Crippen LogP contribution in [-0.2, 0) is 4.79 Å². The molecular weight excluding hydrogens is 376 g/mol. The maximum Gasteiger partial charge on any atom is 0.290 e. The number of carbonyl (C=O) groups is 1. The molecule has 0 atom stereocenters. The average molecular weight is 389 g/mol. The van der Waals surface area contributed by atoms with E-state index in [0.717, 1.165) is 33.0 Å². The van der Waals surface area contributed by atoms with Crippen LogP contribution >= 0.6 is 22.5 Å². The van der Waals surface area contributed by atoms with Gasteiger partial charge in [-0.05, 0) is 17.7 Å². The number of nitrogens with zero attached hydrogens (tertiary/aromatic N) is 2. The zero-order chi connectivity index (χ0) is 18.4. The van der Waals surface area contributed by atoms with Crippen LogP contribution in [0, 0.1) is 0 Å². The molecule has 2 heterocycles. The smallest absolute Gasteiger partial charge is 0.266 e. The summed E-state index contributed by atoms with van der Waals surface area (Å²) >= 11 is 6.03. The molecule has 2 aliphatic heterocycles. The van der Waals surface area contributed by atoms with Gasteiger partial charge in [-0.1, -0.05) is 78.3 Å². The molecule has 3 aromatic carbocycles. The predicted octanol–water partition coefficient (Wildman–Crippen LogP) is 4.38. The van der Waals surface area contributed by atoms with E-state index in [1.807, 2.05) is 78.9 Å². The lowest BCUT2D eigenvalue weighted by atomic mass is 9.96. The molecule has 2 aliphatic rings. The van der Waals surface area contributed by atoms with Crippen LogP contribution in [0.15, 0.2) is 84.0 Å². The van der Waals surface area contributed by atoms with Crippen molar-refractivity contribution in [3.63, 3.8) is 0 Å². The van der Waals surface area contributed by atoms with Gasteiger partial charge in [-0.2, -0.15) is 10.1 Å². The first kappa shape index (κ1) is 16.2. The van der Waals surface area contributed by atoms with E-state index >= 15 is 0 Å². The molecule has 3 aromatic rings.